The van der Waals surface area contributed by atoms with Gasteiger partial charge in [-0.1, -0.05) is 13.8 Å². The molecule has 1 rings (SSSR count). The van der Waals surface area contributed by atoms with E-state index >= 15 is 0 Å². The predicted molar refractivity (Wildman–Crippen MR) is 61.8 cm³/mol. The molecule has 0 fully saturated rings. The van der Waals surface area contributed by atoms with Gasteiger partial charge in [-0.05, 0) is 12.8 Å². The Labute approximate surface area is 99.4 Å². The zero-order valence-corrected chi connectivity index (χ0v) is 10.2. The topological polar surface area (TPSA) is 47.0 Å². The summed E-state index contributed by atoms with van der Waals surface area (Å²) in [5.41, 5.74) is 0.731. The smallest absolute Gasteiger partial charge is 0.272 e. The minimum absolute atomic E-state index is 0.0953. The van der Waals surface area contributed by atoms with E-state index in [1.165, 1.54) is 6.33 Å². The maximum atomic E-state index is 12.1. The van der Waals surface area contributed by atoms with Crippen LogP contribution in [0.2, 0.25) is 0 Å². The highest BCUT2D eigenvalue weighted by Crippen LogP contribution is 2.29. The van der Waals surface area contributed by atoms with Crippen molar-refractivity contribution in [2.45, 2.75) is 33.1 Å². The van der Waals surface area contributed by atoms with Crippen LogP contribution in [0.4, 0.5) is 14.6 Å². The lowest BCUT2D eigenvalue weighted by Crippen LogP contribution is -2.13. The molecule has 4 nitrogen and oxygen atoms in total. The van der Waals surface area contributed by atoms with Crippen molar-refractivity contribution in [1.29, 1.82) is 0 Å². The number of nitrogens with zero attached hydrogens (tertiary/aromatic N) is 2. The van der Waals surface area contributed by atoms with E-state index in [1.54, 1.807) is 0 Å². The molecule has 1 aromatic heterocycles. The fraction of sp³-hybridized carbons (Fsp3) is 0.636. The van der Waals surface area contributed by atoms with Crippen molar-refractivity contribution >= 4 is 5.82 Å². The highest BCUT2D eigenvalue weighted by Gasteiger charge is 2.17. The number of nitrogens with one attached hydrogen (secondary N) is 1. The molecule has 0 aliphatic rings. The third-order valence-electron chi connectivity index (χ3n) is 2.11. The number of hydrogen-bond acceptors (Lipinski definition) is 4. The molecule has 0 bridgehead atoms. The minimum Gasteiger partial charge on any atom is -0.471 e. The van der Waals surface area contributed by atoms with E-state index in [2.05, 4.69) is 15.3 Å². The summed E-state index contributed by atoms with van der Waals surface area (Å²) in [6.07, 6.45) is -1.20. The second-order valence-corrected chi connectivity index (χ2v) is 3.83. The maximum Gasteiger partial charge on any atom is 0.272 e. The van der Waals surface area contributed by atoms with Crippen molar-refractivity contribution in [3.05, 3.63) is 11.9 Å². The molecule has 1 N–H and O–H groups in total. The Balaban J connectivity index is 2.98. The SMILES string of the molecule is CCNc1ncnc(OCC(F)F)c1C(C)C. The van der Waals surface area contributed by atoms with Crippen molar-refractivity contribution in [2.24, 2.45) is 0 Å². The lowest BCUT2D eigenvalue weighted by atomic mass is 10.1. The molecule has 0 saturated carbocycles. The number of alkyl halides is 2. The third kappa shape index (κ3) is 3.80. The number of aromatic nitrogens is 2. The van der Waals surface area contributed by atoms with E-state index in [-0.39, 0.29) is 11.8 Å². The molecule has 1 aromatic rings. The molecular formula is C11H17F2N3O. The Morgan fingerprint density at radius 1 is 1.35 bits per heavy atom. The first-order chi connectivity index (χ1) is 8.06. The number of anilines is 1. The highest BCUT2D eigenvalue weighted by molar-refractivity contribution is 5.50. The van der Waals surface area contributed by atoms with Crippen molar-refractivity contribution in [3.8, 4) is 5.88 Å². The summed E-state index contributed by atoms with van der Waals surface area (Å²) in [6, 6.07) is 0. The van der Waals surface area contributed by atoms with Gasteiger partial charge in [0.25, 0.3) is 6.43 Å². The Morgan fingerprint density at radius 2 is 2.06 bits per heavy atom. The van der Waals surface area contributed by atoms with Crippen LogP contribution < -0.4 is 10.1 Å². The first-order valence-corrected chi connectivity index (χ1v) is 5.56. The van der Waals surface area contributed by atoms with Crippen LogP contribution in [0, 0.1) is 0 Å². The van der Waals surface area contributed by atoms with Crippen molar-refractivity contribution in [3.63, 3.8) is 0 Å². The van der Waals surface area contributed by atoms with E-state index in [0.717, 1.165) is 5.56 Å². The van der Waals surface area contributed by atoms with Crippen molar-refractivity contribution < 1.29 is 13.5 Å². The Kier molecular flexibility index (Phi) is 5.06. The van der Waals surface area contributed by atoms with Crippen LogP contribution >= 0.6 is 0 Å². The zero-order valence-electron chi connectivity index (χ0n) is 10.2. The first-order valence-electron chi connectivity index (χ1n) is 5.56. The molecule has 0 saturated heterocycles. The van der Waals surface area contributed by atoms with Gasteiger partial charge in [0.05, 0.1) is 5.56 Å². The zero-order chi connectivity index (χ0) is 12.8. The normalized spacial score (nSPS) is 11.0. The van der Waals surface area contributed by atoms with Gasteiger partial charge in [0.1, 0.15) is 12.1 Å². The Hall–Kier alpha value is -1.46. The lowest BCUT2D eigenvalue weighted by molar-refractivity contribution is 0.0788. The summed E-state index contributed by atoms with van der Waals surface area (Å²) in [7, 11) is 0. The number of ether oxygens (including phenoxy) is 1. The van der Waals surface area contributed by atoms with Gasteiger partial charge < -0.3 is 10.1 Å². The van der Waals surface area contributed by atoms with E-state index in [4.69, 9.17) is 4.74 Å². The fourth-order valence-corrected chi connectivity index (χ4v) is 1.47. The molecule has 0 aliphatic carbocycles. The van der Waals surface area contributed by atoms with Crippen LogP contribution in [0.3, 0.4) is 0 Å². The van der Waals surface area contributed by atoms with Crippen LogP contribution in [0.25, 0.3) is 0 Å². The fourth-order valence-electron chi connectivity index (χ4n) is 1.47. The van der Waals surface area contributed by atoms with Gasteiger partial charge >= 0.3 is 0 Å². The Morgan fingerprint density at radius 3 is 2.59 bits per heavy atom. The van der Waals surface area contributed by atoms with Crippen LogP contribution in [-0.4, -0.2) is 29.5 Å². The average Bonchev–Trinajstić information content (AvgIpc) is 2.26. The highest BCUT2D eigenvalue weighted by atomic mass is 19.3. The molecule has 0 spiro atoms. The van der Waals surface area contributed by atoms with Crippen molar-refractivity contribution in [2.75, 3.05) is 18.5 Å². The summed E-state index contributed by atoms with van der Waals surface area (Å²) in [5, 5.41) is 3.07. The average molecular weight is 245 g/mol. The number of rotatable bonds is 6. The predicted octanol–water partition coefficient (Wildman–Crippen LogP) is 2.68. The molecule has 6 heteroatoms. The van der Waals surface area contributed by atoms with Crippen molar-refractivity contribution in [1.82, 2.24) is 9.97 Å². The summed E-state index contributed by atoms with van der Waals surface area (Å²) in [4.78, 5) is 8.00. The molecule has 0 aliphatic heterocycles. The second kappa shape index (κ2) is 6.32. The largest absolute Gasteiger partial charge is 0.471 e. The third-order valence-corrected chi connectivity index (χ3v) is 2.11. The molecule has 1 heterocycles. The van der Waals surface area contributed by atoms with E-state index < -0.39 is 13.0 Å². The monoisotopic (exact) mass is 245 g/mol. The summed E-state index contributed by atoms with van der Waals surface area (Å²) < 4.78 is 29.2. The Bertz CT molecular complexity index is 359. The standard InChI is InChI=1S/C11H17F2N3O/c1-4-14-10-9(7(2)3)11(16-6-15-10)17-5-8(12)13/h6-8H,4-5H2,1-3H3,(H,14,15,16). The second-order valence-electron chi connectivity index (χ2n) is 3.83. The first kappa shape index (κ1) is 13.6. The van der Waals surface area contributed by atoms with Gasteiger partial charge in [-0.15, -0.1) is 0 Å². The van der Waals surface area contributed by atoms with Crippen LogP contribution in [0.1, 0.15) is 32.3 Å². The van der Waals surface area contributed by atoms with E-state index in [0.29, 0.717) is 12.4 Å². The molecule has 96 valence electrons. The number of halogens is 2. The quantitative estimate of drug-likeness (QED) is 0.837. The van der Waals surface area contributed by atoms with E-state index in [9.17, 15) is 8.78 Å². The van der Waals surface area contributed by atoms with Gasteiger partial charge in [0.2, 0.25) is 5.88 Å². The minimum atomic E-state index is -2.51. The molecule has 0 unspecified atom stereocenters. The van der Waals surface area contributed by atoms with Crippen LogP contribution in [0.15, 0.2) is 6.33 Å². The summed E-state index contributed by atoms with van der Waals surface area (Å²) in [6.45, 7) is 5.86. The van der Waals surface area contributed by atoms with Gasteiger partial charge in [-0.3, -0.25) is 0 Å². The van der Waals surface area contributed by atoms with Crippen LogP contribution in [0.5, 0.6) is 5.88 Å². The lowest BCUT2D eigenvalue weighted by Gasteiger charge is -2.16. The number of hydrogen-bond donors (Lipinski definition) is 1. The molecule has 0 radical (unpaired) electrons. The van der Waals surface area contributed by atoms with E-state index in [1.807, 2.05) is 20.8 Å². The molecule has 0 aromatic carbocycles. The van der Waals surface area contributed by atoms with Gasteiger partial charge in [0, 0.05) is 6.54 Å². The summed E-state index contributed by atoms with van der Waals surface area (Å²) in [5.74, 6) is 0.964. The van der Waals surface area contributed by atoms with Gasteiger partial charge in [0.15, 0.2) is 6.61 Å². The maximum absolute atomic E-state index is 12.1. The molecule has 17 heavy (non-hydrogen) atoms. The molecular weight excluding hydrogens is 228 g/mol. The van der Waals surface area contributed by atoms with Gasteiger partial charge in [-0.2, -0.15) is 0 Å². The van der Waals surface area contributed by atoms with Crippen LogP contribution in [-0.2, 0) is 0 Å². The molecule has 0 amide bonds. The summed E-state index contributed by atoms with van der Waals surface area (Å²) >= 11 is 0. The van der Waals surface area contributed by atoms with Gasteiger partial charge in [-0.25, -0.2) is 18.7 Å². The molecule has 0 atom stereocenters.